The number of sulfonamides is 1. The van der Waals surface area contributed by atoms with Gasteiger partial charge < -0.3 is 5.32 Å². The van der Waals surface area contributed by atoms with Crippen molar-refractivity contribution in [1.82, 2.24) is 15.5 Å². The first kappa shape index (κ1) is 20.5. The number of hydrogen-bond acceptors (Lipinski definition) is 6. The SMILES string of the molecule is CC[C@@H](N[C@@H](C)c1nnc(-c2ccccc2F)s1)c1cccc(S(N)(=O)=O)c1. The van der Waals surface area contributed by atoms with E-state index in [1.807, 2.05) is 19.9 Å². The molecule has 0 bridgehead atoms. The van der Waals surface area contributed by atoms with Crippen molar-refractivity contribution in [2.75, 3.05) is 0 Å². The molecule has 0 aliphatic rings. The van der Waals surface area contributed by atoms with Gasteiger partial charge in [-0.3, -0.25) is 0 Å². The Morgan fingerprint density at radius 2 is 1.93 bits per heavy atom. The molecule has 0 radical (unpaired) electrons. The molecule has 0 aliphatic heterocycles. The maximum absolute atomic E-state index is 14.0. The zero-order valence-corrected chi connectivity index (χ0v) is 17.1. The molecule has 2 aromatic carbocycles. The lowest BCUT2D eigenvalue weighted by atomic mass is 10.0. The summed E-state index contributed by atoms with van der Waals surface area (Å²) in [4.78, 5) is 0.0793. The first-order chi connectivity index (χ1) is 13.3. The molecule has 148 valence electrons. The average Bonchev–Trinajstić information content (AvgIpc) is 3.16. The minimum atomic E-state index is -3.76. The zero-order valence-electron chi connectivity index (χ0n) is 15.5. The van der Waals surface area contributed by atoms with Crippen LogP contribution in [0.3, 0.4) is 0 Å². The predicted octanol–water partition coefficient (Wildman–Crippen LogP) is 3.79. The number of nitrogens with two attached hydrogens (primary N) is 1. The highest BCUT2D eigenvalue weighted by Gasteiger charge is 2.20. The topological polar surface area (TPSA) is 98.0 Å². The number of aromatic nitrogens is 2. The van der Waals surface area contributed by atoms with Gasteiger partial charge in [-0.15, -0.1) is 10.2 Å². The molecule has 0 fully saturated rings. The lowest BCUT2D eigenvalue weighted by Gasteiger charge is -2.21. The van der Waals surface area contributed by atoms with E-state index in [1.165, 1.54) is 23.5 Å². The second-order valence-electron chi connectivity index (χ2n) is 6.39. The molecule has 0 spiro atoms. The molecular formula is C19H21FN4O2S2. The average molecular weight is 421 g/mol. The third-order valence-electron chi connectivity index (χ3n) is 4.36. The summed E-state index contributed by atoms with van der Waals surface area (Å²) in [6.07, 6.45) is 0.734. The van der Waals surface area contributed by atoms with E-state index in [2.05, 4.69) is 15.5 Å². The molecule has 1 heterocycles. The van der Waals surface area contributed by atoms with Gasteiger partial charge in [-0.25, -0.2) is 17.9 Å². The van der Waals surface area contributed by atoms with Crippen molar-refractivity contribution in [3.05, 3.63) is 64.9 Å². The molecular weight excluding hydrogens is 399 g/mol. The summed E-state index contributed by atoms with van der Waals surface area (Å²) in [5, 5.41) is 18.2. The van der Waals surface area contributed by atoms with Gasteiger partial charge in [-0.2, -0.15) is 0 Å². The molecule has 0 amide bonds. The van der Waals surface area contributed by atoms with E-state index in [0.29, 0.717) is 10.6 Å². The molecule has 3 N–H and O–H groups in total. The van der Waals surface area contributed by atoms with Crippen LogP contribution >= 0.6 is 11.3 Å². The van der Waals surface area contributed by atoms with Crippen LogP contribution in [0.1, 0.15) is 42.9 Å². The Hall–Kier alpha value is -2.20. The molecule has 0 saturated carbocycles. The van der Waals surface area contributed by atoms with Crippen molar-refractivity contribution >= 4 is 21.4 Å². The van der Waals surface area contributed by atoms with Crippen LogP contribution in [0.4, 0.5) is 4.39 Å². The van der Waals surface area contributed by atoms with Crippen molar-refractivity contribution in [3.8, 4) is 10.6 Å². The Bertz CT molecular complexity index is 1070. The fraction of sp³-hybridized carbons (Fsp3) is 0.263. The van der Waals surface area contributed by atoms with Crippen LogP contribution in [0.25, 0.3) is 10.6 Å². The highest BCUT2D eigenvalue weighted by atomic mass is 32.2. The van der Waals surface area contributed by atoms with Gasteiger partial charge in [0.15, 0.2) is 5.01 Å². The smallest absolute Gasteiger partial charge is 0.238 e. The largest absolute Gasteiger partial charge is 0.301 e. The second kappa shape index (κ2) is 8.44. The van der Waals surface area contributed by atoms with Crippen molar-refractivity contribution in [2.45, 2.75) is 37.2 Å². The van der Waals surface area contributed by atoms with Crippen LogP contribution in [-0.4, -0.2) is 18.6 Å². The Morgan fingerprint density at radius 3 is 2.61 bits per heavy atom. The molecule has 0 unspecified atom stereocenters. The van der Waals surface area contributed by atoms with Crippen LogP contribution in [0.15, 0.2) is 53.4 Å². The molecule has 0 saturated heterocycles. The Balaban J connectivity index is 1.80. The van der Waals surface area contributed by atoms with E-state index in [9.17, 15) is 12.8 Å². The number of nitrogens with one attached hydrogen (secondary N) is 1. The van der Waals surface area contributed by atoms with Crippen LogP contribution < -0.4 is 10.5 Å². The molecule has 3 aromatic rings. The summed E-state index contributed by atoms with van der Waals surface area (Å²) in [7, 11) is -3.76. The number of hydrogen-bond donors (Lipinski definition) is 2. The van der Waals surface area contributed by atoms with Gasteiger partial charge in [0.2, 0.25) is 10.0 Å². The van der Waals surface area contributed by atoms with E-state index in [4.69, 9.17) is 5.14 Å². The highest BCUT2D eigenvalue weighted by molar-refractivity contribution is 7.89. The van der Waals surface area contributed by atoms with E-state index in [-0.39, 0.29) is 22.8 Å². The second-order valence-corrected chi connectivity index (χ2v) is 8.96. The molecule has 2 atom stereocenters. The lowest BCUT2D eigenvalue weighted by molar-refractivity contribution is 0.453. The highest BCUT2D eigenvalue weighted by Crippen LogP contribution is 2.30. The number of primary sulfonamides is 1. The maximum Gasteiger partial charge on any atom is 0.238 e. The molecule has 3 rings (SSSR count). The first-order valence-electron chi connectivity index (χ1n) is 8.76. The van der Waals surface area contributed by atoms with Crippen LogP contribution in [0, 0.1) is 5.82 Å². The summed E-state index contributed by atoms with van der Waals surface area (Å²) in [6.45, 7) is 3.94. The van der Waals surface area contributed by atoms with Crippen LogP contribution in [-0.2, 0) is 10.0 Å². The molecule has 28 heavy (non-hydrogen) atoms. The minimum absolute atomic E-state index is 0.0793. The van der Waals surface area contributed by atoms with E-state index in [0.717, 1.165) is 17.0 Å². The van der Waals surface area contributed by atoms with Crippen LogP contribution in [0.2, 0.25) is 0 Å². The summed E-state index contributed by atoms with van der Waals surface area (Å²) < 4.78 is 37.2. The first-order valence-corrected chi connectivity index (χ1v) is 11.1. The van der Waals surface area contributed by atoms with E-state index >= 15 is 0 Å². The van der Waals surface area contributed by atoms with Gasteiger partial charge in [-0.1, -0.05) is 42.5 Å². The van der Waals surface area contributed by atoms with Crippen molar-refractivity contribution < 1.29 is 12.8 Å². The zero-order chi connectivity index (χ0) is 20.3. The lowest BCUT2D eigenvalue weighted by Crippen LogP contribution is -2.24. The minimum Gasteiger partial charge on any atom is -0.301 e. The third kappa shape index (κ3) is 4.61. The van der Waals surface area contributed by atoms with Gasteiger partial charge in [-0.05, 0) is 43.2 Å². The van der Waals surface area contributed by atoms with Crippen molar-refractivity contribution in [1.29, 1.82) is 0 Å². The monoisotopic (exact) mass is 420 g/mol. The molecule has 6 nitrogen and oxygen atoms in total. The summed E-state index contributed by atoms with van der Waals surface area (Å²) in [5.41, 5.74) is 1.24. The summed E-state index contributed by atoms with van der Waals surface area (Å²) >= 11 is 1.32. The quantitative estimate of drug-likeness (QED) is 0.606. The Labute approximate surface area is 167 Å². The number of rotatable bonds is 7. The standard InChI is InChI=1S/C19H21FN4O2S2/c1-3-17(13-7-6-8-14(11-13)28(21,25)26)22-12(2)18-23-24-19(27-18)15-9-4-5-10-16(15)20/h4-12,17,22H,3H2,1-2H3,(H2,21,25,26)/t12-,17+/m0/s1. The number of halogens is 1. The van der Waals surface area contributed by atoms with Crippen molar-refractivity contribution in [2.24, 2.45) is 5.14 Å². The fourth-order valence-electron chi connectivity index (χ4n) is 2.88. The maximum atomic E-state index is 14.0. The summed E-state index contributed by atoms with van der Waals surface area (Å²) in [6, 6.07) is 12.8. The van der Waals surface area contributed by atoms with Gasteiger partial charge >= 0.3 is 0 Å². The van der Waals surface area contributed by atoms with Crippen molar-refractivity contribution in [3.63, 3.8) is 0 Å². The fourth-order valence-corrected chi connectivity index (χ4v) is 4.33. The molecule has 0 aliphatic carbocycles. The summed E-state index contributed by atoms with van der Waals surface area (Å²) in [5.74, 6) is -0.336. The predicted molar refractivity (Wildman–Crippen MR) is 108 cm³/mol. The molecule has 9 heteroatoms. The molecule has 1 aromatic heterocycles. The van der Waals surface area contributed by atoms with Crippen LogP contribution in [0.5, 0.6) is 0 Å². The van der Waals surface area contributed by atoms with E-state index in [1.54, 1.807) is 30.3 Å². The Kier molecular flexibility index (Phi) is 6.19. The van der Waals surface area contributed by atoms with Gasteiger partial charge in [0, 0.05) is 11.6 Å². The normalized spacial score (nSPS) is 14.0. The van der Waals surface area contributed by atoms with E-state index < -0.39 is 10.0 Å². The van der Waals surface area contributed by atoms with Gasteiger partial charge in [0.1, 0.15) is 10.8 Å². The Morgan fingerprint density at radius 1 is 1.18 bits per heavy atom. The third-order valence-corrected chi connectivity index (χ3v) is 6.41. The van der Waals surface area contributed by atoms with Gasteiger partial charge in [0.05, 0.1) is 10.9 Å². The van der Waals surface area contributed by atoms with Gasteiger partial charge in [0.25, 0.3) is 0 Å². The number of benzene rings is 2. The number of nitrogens with zero attached hydrogens (tertiary/aromatic N) is 2.